The molecule has 0 aromatic heterocycles. The Kier molecular flexibility index (Phi) is 2.78. The molecule has 0 aromatic carbocycles. The van der Waals surface area contributed by atoms with Gasteiger partial charge in [-0.2, -0.15) is 0 Å². The quantitative estimate of drug-likeness (QED) is 0.544. The van der Waals surface area contributed by atoms with E-state index in [1.54, 1.807) is 0 Å². The van der Waals surface area contributed by atoms with Crippen molar-refractivity contribution in [2.75, 3.05) is 0 Å². The summed E-state index contributed by atoms with van der Waals surface area (Å²) in [4.78, 5) is 0. The number of rotatable bonds is 1. The van der Waals surface area contributed by atoms with Crippen LogP contribution in [-0.4, -0.2) is 19.1 Å². The summed E-state index contributed by atoms with van der Waals surface area (Å²) in [6, 6.07) is 0. The van der Waals surface area contributed by atoms with Crippen molar-refractivity contribution in [3.8, 4) is 0 Å². The maximum Gasteiger partial charge on any atom is 0.0703 e. The smallest absolute Gasteiger partial charge is 0.0703 e. The van der Waals surface area contributed by atoms with Crippen LogP contribution in [0.3, 0.4) is 0 Å². The van der Waals surface area contributed by atoms with Gasteiger partial charge in [0.15, 0.2) is 0 Å². The maximum absolute atomic E-state index is 9.27. The molecule has 0 aliphatic heterocycles. The summed E-state index contributed by atoms with van der Waals surface area (Å²) < 4.78 is 0. The number of hydrogen-bond donors (Lipinski definition) is 1. The van der Waals surface area contributed by atoms with Gasteiger partial charge in [0.05, 0.1) is 14.0 Å². The molecule has 1 aliphatic carbocycles. The lowest BCUT2D eigenvalue weighted by molar-refractivity contribution is 0.100. The van der Waals surface area contributed by atoms with E-state index < -0.39 is 0 Å². The fourth-order valence-corrected chi connectivity index (χ4v) is 1.73. The van der Waals surface area contributed by atoms with Gasteiger partial charge in [-0.25, -0.2) is 0 Å². The molecule has 0 heterocycles. The largest absolute Gasteiger partial charge is 0.393 e. The predicted octanol–water partition coefficient (Wildman–Crippen LogP) is 1.51. The van der Waals surface area contributed by atoms with E-state index in [-0.39, 0.29) is 6.10 Å². The topological polar surface area (TPSA) is 20.2 Å². The van der Waals surface area contributed by atoms with Crippen molar-refractivity contribution in [1.82, 2.24) is 0 Å². The average molecular weight is 138 g/mol. The molecule has 2 heteroatoms. The first-order valence-electron chi connectivity index (χ1n) is 4.17. The second-order valence-electron chi connectivity index (χ2n) is 3.30. The first-order valence-corrected chi connectivity index (χ1v) is 4.17. The maximum atomic E-state index is 9.27. The molecule has 56 valence electrons. The van der Waals surface area contributed by atoms with E-state index in [1.807, 2.05) is 0 Å². The van der Waals surface area contributed by atoms with Crippen molar-refractivity contribution in [2.45, 2.75) is 44.5 Å². The van der Waals surface area contributed by atoms with Crippen LogP contribution in [0.25, 0.3) is 0 Å². The van der Waals surface area contributed by atoms with Crippen LogP contribution in [0.1, 0.15) is 32.6 Å². The van der Waals surface area contributed by atoms with Gasteiger partial charge in [-0.3, -0.25) is 0 Å². The van der Waals surface area contributed by atoms with Crippen molar-refractivity contribution < 1.29 is 5.11 Å². The van der Waals surface area contributed by atoms with E-state index in [4.69, 9.17) is 7.85 Å². The van der Waals surface area contributed by atoms with Gasteiger partial charge in [0.2, 0.25) is 0 Å². The van der Waals surface area contributed by atoms with E-state index in [2.05, 4.69) is 6.92 Å². The zero-order valence-electron chi connectivity index (χ0n) is 6.59. The third-order valence-electron chi connectivity index (χ3n) is 2.54. The zero-order chi connectivity index (χ0) is 7.56. The second kappa shape index (κ2) is 3.43. The Bertz CT molecular complexity index is 105. The van der Waals surface area contributed by atoms with Crippen LogP contribution in [0.2, 0.25) is 5.82 Å². The lowest BCUT2D eigenvalue weighted by atomic mass is 9.66. The van der Waals surface area contributed by atoms with Gasteiger partial charge in [-0.15, -0.1) is 0 Å². The lowest BCUT2D eigenvalue weighted by Gasteiger charge is -2.31. The van der Waals surface area contributed by atoms with Crippen molar-refractivity contribution >= 4 is 7.85 Å². The molecule has 10 heavy (non-hydrogen) atoms. The highest BCUT2D eigenvalue weighted by atomic mass is 16.3. The molecule has 0 amide bonds. The number of aliphatic hydroxyl groups is 1. The van der Waals surface area contributed by atoms with Crippen LogP contribution >= 0.6 is 0 Å². The minimum atomic E-state index is -0.0789. The minimum Gasteiger partial charge on any atom is -0.393 e. The molecule has 1 aliphatic rings. The minimum absolute atomic E-state index is 0.0789. The van der Waals surface area contributed by atoms with E-state index in [0.717, 1.165) is 25.7 Å². The Hall–Kier alpha value is 0.0249. The van der Waals surface area contributed by atoms with Gasteiger partial charge in [0, 0.05) is 0 Å². The Labute approximate surface area is 64.2 Å². The third kappa shape index (κ3) is 1.75. The van der Waals surface area contributed by atoms with Gasteiger partial charge < -0.3 is 5.11 Å². The van der Waals surface area contributed by atoms with Crippen LogP contribution in [0.5, 0.6) is 0 Å². The molecule has 2 radical (unpaired) electrons. The van der Waals surface area contributed by atoms with E-state index >= 15 is 0 Å². The van der Waals surface area contributed by atoms with Crippen LogP contribution in [-0.2, 0) is 0 Å². The van der Waals surface area contributed by atoms with Gasteiger partial charge in [-0.1, -0.05) is 25.6 Å². The number of hydrogen-bond acceptors (Lipinski definition) is 1. The van der Waals surface area contributed by atoms with Gasteiger partial charge in [-0.05, 0) is 18.8 Å². The normalized spacial score (nSPS) is 41.6. The zero-order valence-corrected chi connectivity index (χ0v) is 6.59. The standard InChI is InChI=1S/C8H15BO/c1-2-6-5-7(10)3-4-8(6)9/h6-8,10H,2-5H2,1H3. The van der Waals surface area contributed by atoms with E-state index in [1.165, 1.54) is 0 Å². The SMILES string of the molecule is [B]C1CCC(O)CC1CC. The van der Waals surface area contributed by atoms with Crippen molar-refractivity contribution in [2.24, 2.45) is 5.92 Å². The van der Waals surface area contributed by atoms with E-state index in [9.17, 15) is 5.11 Å². The van der Waals surface area contributed by atoms with E-state index in [0.29, 0.717) is 11.7 Å². The summed E-state index contributed by atoms with van der Waals surface area (Å²) in [7, 11) is 5.84. The summed E-state index contributed by atoms with van der Waals surface area (Å²) in [6.07, 6.45) is 3.84. The van der Waals surface area contributed by atoms with Gasteiger partial charge in [0.1, 0.15) is 0 Å². The number of aliphatic hydroxyl groups excluding tert-OH is 1. The summed E-state index contributed by atoms with van der Waals surface area (Å²) in [5, 5.41) is 9.27. The van der Waals surface area contributed by atoms with Crippen molar-refractivity contribution in [3.63, 3.8) is 0 Å². The molecule has 0 saturated heterocycles. The molecule has 1 nitrogen and oxygen atoms in total. The molecular weight excluding hydrogens is 123 g/mol. The molecule has 0 bridgehead atoms. The molecule has 3 unspecified atom stereocenters. The Balaban J connectivity index is 2.38. The Morgan fingerprint density at radius 1 is 1.50 bits per heavy atom. The van der Waals surface area contributed by atoms with Crippen LogP contribution in [0.4, 0.5) is 0 Å². The molecular formula is C8H15BO. The Morgan fingerprint density at radius 3 is 2.70 bits per heavy atom. The van der Waals surface area contributed by atoms with Crippen LogP contribution in [0, 0.1) is 5.92 Å². The highest BCUT2D eigenvalue weighted by Gasteiger charge is 2.24. The molecule has 0 spiro atoms. The fourth-order valence-electron chi connectivity index (χ4n) is 1.73. The van der Waals surface area contributed by atoms with Crippen molar-refractivity contribution in [3.05, 3.63) is 0 Å². The third-order valence-corrected chi connectivity index (χ3v) is 2.54. The lowest BCUT2D eigenvalue weighted by Crippen LogP contribution is -2.23. The molecule has 1 saturated carbocycles. The fraction of sp³-hybridized carbons (Fsp3) is 1.00. The summed E-state index contributed by atoms with van der Waals surface area (Å²) in [5.74, 6) is 0.900. The Morgan fingerprint density at radius 2 is 2.20 bits per heavy atom. The summed E-state index contributed by atoms with van der Waals surface area (Å²) in [5.41, 5.74) is 0. The summed E-state index contributed by atoms with van der Waals surface area (Å²) in [6.45, 7) is 2.14. The first kappa shape index (κ1) is 8.12. The molecule has 0 aromatic rings. The molecule has 3 atom stereocenters. The highest BCUT2D eigenvalue weighted by Crippen LogP contribution is 2.34. The second-order valence-corrected chi connectivity index (χ2v) is 3.30. The van der Waals surface area contributed by atoms with Crippen LogP contribution < -0.4 is 0 Å². The van der Waals surface area contributed by atoms with Crippen LogP contribution in [0.15, 0.2) is 0 Å². The first-order chi connectivity index (χ1) is 4.74. The molecule has 1 N–H and O–H groups in total. The van der Waals surface area contributed by atoms with Gasteiger partial charge in [0.25, 0.3) is 0 Å². The predicted molar refractivity (Wildman–Crippen MR) is 43.1 cm³/mol. The monoisotopic (exact) mass is 138 g/mol. The molecule has 1 fully saturated rings. The van der Waals surface area contributed by atoms with Gasteiger partial charge >= 0.3 is 0 Å². The highest BCUT2D eigenvalue weighted by molar-refractivity contribution is 6.11. The average Bonchev–Trinajstić information content (AvgIpc) is 1.94. The van der Waals surface area contributed by atoms with Crippen molar-refractivity contribution in [1.29, 1.82) is 0 Å². The summed E-state index contributed by atoms with van der Waals surface area (Å²) >= 11 is 0. The molecule has 1 rings (SSSR count).